The Balaban J connectivity index is 0.00000225. The van der Waals surface area contributed by atoms with Crippen LogP contribution in [-0.4, -0.2) is 50.2 Å². The molecule has 1 amide bonds. The summed E-state index contributed by atoms with van der Waals surface area (Å²) < 4.78 is 5.18. The highest BCUT2D eigenvalue weighted by Gasteiger charge is 2.21. The number of amides is 1. The summed E-state index contributed by atoms with van der Waals surface area (Å²) >= 11 is 0. The molecular formula is C11H23ClN2O2. The fraction of sp³-hybridized carbons (Fsp3) is 0.909. The number of carbonyl (C=O) groups is 1. The van der Waals surface area contributed by atoms with Gasteiger partial charge in [-0.15, -0.1) is 12.4 Å². The molecule has 1 heterocycles. The molecule has 1 N–H and O–H groups in total. The van der Waals surface area contributed by atoms with Crippen LogP contribution in [0.4, 0.5) is 0 Å². The summed E-state index contributed by atoms with van der Waals surface area (Å²) in [5, 5.41) is 3.30. The van der Waals surface area contributed by atoms with Crippen molar-refractivity contribution in [3.63, 3.8) is 0 Å². The predicted molar refractivity (Wildman–Crippen MR) is 67.0 cm³/mol. The summed E-state index contributed by atoms with van der Waals surface area (Å²) in [6.07, 6.45) is 2.64. The number of nitrogens with zero attached hydrogens (tertiary/aromatic N) is 1. The van der Waals surface area contributed by atoms with E-state index in [9.17, 15) is 4.79 Å². The smallest absolute Gasteiger partial charge is 0.224 e. The van der Waals surface area contributed by atoms with Gasteiger partial charge in [-0.2, -0.15) is 0 Å². The van der Waals surface area contributed by atoms with Crippen molar-refractivity contribution in [1.29, 1.82) is 0 Å². The van der Waals surface area contributed by atoms with Gasteiger partial charge in [0.1, 0.15) is 0 Å². The topological polar surface area (TPSA) is 41.6 Å². The van der Waals surface area contributed by atoms with Gasteiger partial charge in [-0.1, -0.05) is 0 Å². The molecular weight excluding hydrogens is 228 g/mol. The van der Waals surface area contributed by atoms with E-state index < -0.39 is 0 Å². The van der Waals surface area contributed by atoms with E-state index >= 15 is 0 Å². The van der Waals surface area contributed by atoms with Crippen molar-refractivity contribution >= 4 is 18.3 Å². The number of hydrogen-bond donors (Lipinski definition) is 1. The Morgan fingerprint density at radius 1 is 1.44 bits per heavy atom. The third kappa shape index (κ3) is 5.14. The lowest BCUT2D eigenvalue weighted by Crippen LogP contribution is -2.44. The summed E-state index contributed by atoms with van der Waals surface area (Å²) in [6, 6.07) is 0.417. The molecule has 96 valence electrons. The zero-order valence-electron chi connectivity index (χ0n) is 10.2. The van der Waals surface area contributed by atoms with Crippen LogP contribution >= 0.6 is 12.4 Å². The van der Waals surface area contributed by atoms with E-state index in [-0.39, 0.29) is 18.3 Å². The summed E-state index contributed by atoms with van der Waals surface area (Å²) in [5.41, 5.74) is 0. The van der Waals surface area contributed by atoms with Crippen LogP contribution in [-0.2, 0) is 9.53 Å². The molecule has 0 spiro atoms. The molecule has 0 aromatic heterocycles. The maximum absolute atomic E-state index is 11.7. The second-order valence-electron chi connectivity index (χ2n) is 3.93. The zero-order chi connectivity index (χ0) is 11.1. The van der Waals surface area contributed by atoms with Crippen LogP contribution in [0.25, 0.3) is 0 Å². The van der Waals surface area contributed by atoms with E-state index in [0.717, 1.165) is 25.9 Å². The number of piperidine rings is 1. The molecule has 16 heavy (non-hydrogen) atoms. The highest BCUT2D eigenvalue weighted by atomic mass is 35.5. The number of rotatable bonds is 5. The maximum atomic E-state index is 11.7. The van der Waals surface area contributed by atoms with Crippen LogP contribution in [0.3, 0.4) is 0 Å². The molecule has 1 aliphatic heterocycles. The molecule has 5 heteroatoms. The minimum absolute atomic E-state index is 0. The number of halogens is 1. The van der Waals surface area contributed by atoms with Gasteiger partial charge in [0, 0.05) is 19.7 Å². The number of nitrogens with one attached hydrogen (secondary N) is 1. The normalized spacial score (nSPS) is 16.6. The molecule has 0 unspecified atom stereocenters. The maximum Gasteiger partial charge on any atom is 0.224 e. The van der Waals surface area contributed by atoms with Gasteiger partial charge in [0.2, 0.25) is 5.91 Å². The quantitative estimate of drug-likeness (QED) is 0.742. The first-order valence-corrected chi connectivity index (χ1v) is 5.79. The van der Waals surface area contributed by atoms with Crippen LogP contribution in [0.2, 0.25) is 0 Å². The van der Waals surface area contributed by atoms with E-state index in [1.807, 2.05) is 18.9 Å². The minimum atomic E-state index is 0. The third-order valence-corrected chi connectivity index (χ3v) is 2.91. The zero-order valence-corrected chi connectivity index (χ0v) is 11.0. The van der Waals surface area contributed by atoms with Gasteiger partial charge < -0.3 is 15.0 Å². The molecule has 0 aromatic carbocycles. The van der Waals surface area contributed by atoms with Crippen molar-refractivity contribution in [2.24, 2.45) is 0 Å². The standard InChI is InChI=1S/C11H22N2O2.ClH/c1-3-15-9-6-11(14)13(2)10-4-7-12-8-5-10;/h10,12H,3-9H2,1-2H3;1H. The van der Waals surface area contributed by atoms with Gasteiger partial charge in [0.05, 0.1) is 13.0 Å². The number of ether oxygens (including phenoxy) is 1. The largest absolute Gasteiger partial charge is 0.381 e. The molecule has 1 rings (SSSR count). The van der Waals surface area contributed by atoms with E-state index in [0.29, 0.717) is 25.7 Å². The third-order valence-electron chi connectivity index (χ3n) is 2.91. The Labute approximate surface area is 104 Å². The fourth-order valence-electron chi connectivity index (χ4n) is 1.88. The molecule has 0 radical (unpaired) electrons. The molecule has 0 atom stereocenters. The summed E-state index contributed by atoms with van der Waals surface area (Å²) in [4.78, 5) is 13.6. The monoisotopic (exact) mass is 250 g/mol. The van der Waals surface area contributed by atoms with E-state index in [1.165, 1.54) is 0 Å². The summed E-state index contributed by atoms with van der Waals surface area (Å²) in [7, 11) is 1.91. The van der Waals surface area contributed by atoms with Gasteiger partial charge in [-0.05, 0) is 32.9 Å². The van der Waals surface area contributed by atoms with Crippen LogP contribution < -0.4 is 5.32 Å². The Bertz CT molecular complexity index is 196. The van der Waals surface area contributed by atoms with Gasteiger partial charge in [0.15, 0.2) is 0 Å². The lowest BCUT2D eigenvalue weighted by molar-refractivity contribution is -0.133. The first-order valence-electron chi connectivity index (χ1n) is 5.79. The average molecular weight is 251 g/mol. The first-order chi connectivity index (χ1) is 7.25. The van der Waals surface area contributed by atoms with Crippen molar-refractivity contribution in [3.05, 3.63) is 0 Å². The molecule has 1 saturated heterocycles. The van der Waals surface area contributed by atoms with Crippen molar-refractivity contribution in [2.75, 3.05) is 33.4 Å². The lowest BCUT2D eigenvalue weighted by atomic mass is 10.1. The highest BCUT2D eigenvalue weighted by Crippen LogP contribution is 2.10. The summed E-state index contributed by atoms with van der Waals surface area (Å²) in [6.45, 7) is 5.22. The molecule has 4 nitrogen and oxygen atoms in total. The molecule has 0 aromatic rings. The minimum Gasteiger partial charge on any atom is -0.381 e. The SMILES string of the molecule is CCOCCC(=O)N(C)C1CCNCC1.Cl. The Kier molecular flexibility index (Phi) is 8.61. The second-order valence-corrected chi connectivity index (χ2v) is 3.93. The van der Waals surface area contributed by atoms with Crippen molar-refractivity contribution < 1.29 is 9.53 Å². The van der Waals surface area contributed by atoms with Crippen LogP contribution in [0.5, 0.6) is 0 Å². The molecule has 0 saturated carbocycles. The van der Waals surface area contributed by atoms with Crippen molar-refractivity contribution in [1.82, 2.24) is 10.2 Å². The van der Waals surface area contributed by atoms with Crippen LogP contribution in [0, 0.1) is 0 Å². The van der Waals surface area contributed by atoms with Crippen LogP contribution in [0.1, 0.15) is 26.2 Å². The van der Waals surface area contributed by atoms with Gasteiger partial charge >= 0.3 is 0 Å². The number of carbonyl (C=O) groups excluding carboxylic acids is 1. The second kappa shape index (κ2) is 8.79. The first kappa shape index (κ1) is 15.7. The number of hydrogen-bond acceptors (Lipinski definition) is 3. The highest BCUT2D eigenvalue weighted by molar-refractivity contribution is 5.85. The predicted octanol–water partition coefficient (Wildman–Crippen LogP) is 1.05. The van der Waals surface area contributed by atoms with Gasteiger partial charge in [-0.25, -0.2) is 0 Å². The lowest BCUT2D eigenvalue weighted by Gasteiger charge is -2.31. The van der Waals surface area contributed by atoms with Gasteiger partial charge in [0.25, 0.3) is 0 Å². The fourth-order valence-corrected chi connectivity index (χ4v) is 1.88. The van der Waals surface area contributed by atoms with Crippen molar-refractivity contribution in [2.45, 2.75) is 32.2 Å². The molecule has 0 aliphatic carbocycles. The van der Waals surface area contributed by atoms with E-state index in [4.69, 9.17) is 4.74 Å². The molecule has 0 bridgehead atoms. The van der Waals surface area contributed by atoms with Gasteiger partial charge in [-0.3, -0.25) is 4.79 Å². The Hall–Kier alpha value is -0.320. The Morgan fingerprint density at radius 2 is 2.06 bits per heavy atom. The Morgan fingerprint density at radius 3 is 2.62 bits per heavy atom. The van der Waals surface area contributed by atoms with Crippen molar-refractivity contribution in [3.8, 4) is 0 Å². The van der Waals surface area contributed by atoms with Crippen LogP contribution in [0.15, 0.2) is 0 Å². The van der Waals surface area contributed by atoms with E-state index in [2.05, 4.69) is 5.32 Å². The average Bonchev–Trinajstić information content (AvgIpc) is 2.29. The molecule has 1 aliphatic rings. The summed E-state index contributed by atoms with van der Waals surface area (Å²) in [5.74, 6) is 0.204. The molecule has 1 fully saturated rings. The van der Waals surface area contributed by atoms with E-state index in [1.54, 1.807) is 0 Å².